The molecule has 8 heteroatoms. The van der Waals surface area contributed by atoms with Gasteiger partial charge < -0.3 is 15.2 Å². The largest absolute Gasteiger partial charge is 0.497 e. The van der Waals surface area contributed by atoms with Gasteiger partial charge in [-0.25, -0.2) is 4.79 Å². The van der Waals surface area contributed by atoms with E-state index in [1.165, 1.54) is 11.8 Å². The highest BCUT2D eigenvalue weighted by Gasteiger charge is 2.20. The lowest BCUT2D eigenvalue weighted by Gasteiger charge is -2.14. The van der Waals surface area contributed by atoms with Crippen molar-refractivity contribution >= 4 is 46.1 Å². The fourth-order valence-electron chi connectivity index (χ4n) is 2.13. The number of methoxy groups -OCH3 is 1. The Labute approximate surface area is 148 Å². The van der Waals surface area contributed by atoms with E-state index in [1.807, 2.05) is 31.2 Å². The van der Waals surface area contributed by atoms with Crippen molar-refractivity contribution in [3.8, 4) is 5.75 Å². The Kier molecular flexibility index (Phi) is 6.28. The number of carboxylic acids is 1. The number of hydrogen-bond donors (Lipinski definition) is 2. The molecule has 0 radical (unpaired) electrons. The number of aliphatic carboxylic acids is 1. The van der Waals surface area contributed by atoms with Gasteiger partial charge in [0, 0.05) is 21.7 Å². The number of pyridine rings is 1. The van der Waals surface area contributed by atoms with E-state index in [-0.39, 0.29) is 11.6 Å². The fourth-order valence-corrected chi connectivity index (χ4v) is 3.35. The molecule has 0 saturated heterocycles. The summed E-state index contributed by atoms with van der Waals surface area (Å²) in [6, 6.07) is 6.40. The SMILES string of the molecule is COc1ccc2nc(C)cc(SC[C@@H](NC(=O)CCl)C(=O)O)c2c1. The summed E-state index contributed by atoms with van der Waals surface area (Å²) in [6.07, 6.45) is 0. The van der Waals surface area contributed by atoms with Gasteiger partial charge in [-0.2, -0.15) is 0 Å². The molecule has 0 unspecified atom stereocenters. The minimum atomic E-state index is -1.10. The maximum atomic E-state index is 11.3. The number of halogens is 1. The molecule has 0 fully saturated rings. The number of thioether (sulfide) groups is 1. The number of carbonyl (C=O) groups excluding carboxylic acids is 1. The maximum absolute atomic E-state index is 11.3. The third-order valence-electron chi connectivity index (χ3n) is 3.27. The van der Waals surface area contributed by atoms with Crippen LogP contribution in [0.25, 0.3) is 10.9 Å². The molecule has 0 aliphatic rings. The molecule has 2 N–H and O–H groups in total. The number of aryl methyl sites for hydroxylation is 1. The Morgan fingerprint density at radius 1 is 1.42 bits per heavy atom. The summed E-state index contributed by atoms with van der Waals surface area (Å²) in [7, 11) is 1.58. The van der Waals surface area contributed by atoms with Crippen LogP contribution in [0.3, 0.4) is 0 Å². The van der Waals surface area contributed by atoms with E-state index in [1.54, 1.807) is 7.11 Å². The highest BCUT2D eigenvalue weighted by Crippen LogP contribution is 2.31. The molecule has 1 aromatic heterocycles. The number of nitrogens with one attached hydrogen (secondary N) is 1. The average molecular weight is 369 g/mol. The highest BCUT2D eigenvalue weighted by molar-refractivity contribution is 7.99. The van der Waals surface area contributed by atoms with E-state index >= 15 is 0 Å². The van der Waals surface area contributed by atoms with Crippen LogP contribution in [0.2, 0.25) is 0 Å². The van der Waals surface area contributed by atoms with Gasteiger partial charge in [-0.1, -0.05) is 0 Å². The van der Waals surface area contributed by atoms with Crippen LogP contribution in [0.5, 0.6) is 5.75 Å². The highest BCUT2D eigenvalue weighted by atomic mass is 35.5. The number of nitrogens with zero attached hydrogens (tertiary/aromatic N) is 1. The topological polar surface area (TPSA) is 88.5 Å². The van der Waals surface area contributed by atoms with Crippen molar-refractivity contribution in [1.82, 2.24) is 10.3 Å². The molecule has 6 nitrogen and oxygen atoms in total. The number of amides is 1. The second-order valence-corrected chi connectivity index (χ2v) is 6.38. The number of carboxylic acid groups (broad SMARTS) is 1. The zero-order valence-corrected chi connectivity index (χ0v) is 14.8. The quantitative estimate of drug-likeness (QED) is 0.576. The van der Waals surface area contributed by atoms with Crippen molar-refractivity contribution in [3.63, 3.8) is 0 Å². The standard InChI is InChI=1S/C16H17ClN2O4S/c1-9-5-14(11-6-10(23-2)3-4-12(11)18-9)24-8-13(16(21)22)19-15(20)7-17/h3-6,13H,7-8H2,1-2H3,(H,19,20)(H,21,22)/t13-/m1/s1. The summed E-state index contributed by atoms with van der Waals surface area (Å²) in [5.41, 5.74) is 1.63. The van der Waals surface area contributed by atoms with Gasteiger partial charge in [-0.3, -0.25) is 9.78 Å². The van der Waals surface area contributed by atoms with E-state index in [0.29, 0.717) is 5.75 Å². The van der Waals surface area contributed by atoms with Crippen LogP contribution in [0.15, 0.2) is 29.2 Å². The molecule has 0 spiro atoms. The first-order chi connectivity index (χ1) is 11.4. The van der Waals surface area contributed by atoms with Crippen molar-refractivity contribution in [2.45, 2.75) is 17.9 Å². The molecule has 2 aromatic rings. The number of fused-ring (bicyclic) bond motifs is 1. The summed E-state index contributed by atoms with van der Waals surface area (Å²) in [4.78, 5) is 28.0. The van der Waals surface area contributed by atoms with Gasteiger partial charge in [0.2, 0.25) is 5.91 Å². The zero-order chi connectivity index (χ0) is 17.7. The minimum absolute atomic E-state index is 0.174. The Balaban J connectivity index is 2.27. The number of alkyl halides is 1. The summed E-state index contributed by atoms with van der Waals surface area (Å²) in [5, 5.41) is 12.5. The van der Waals surface area contributed by atoms with Gasteiger partial charge in [0.05, 0.1) is 12.6 Å². The van der Waals surface area contributed by atoms with Crippen LogP contribution >= 0.6 is 23.4 Å². The first kappa shape index (κ1) is 18.4. The van der Waals surface area contributed by atoms with Gasteiger partial charge in [-0.15, -0.1) is 23.4 Å². The van der Waals surface area contributed by atoms with E-state index in [9.17, 15) is 14.7 Å². The van der Waals surface area contributed by atoms with Crippen LogP contribution in [0, 0.1) is 6.92 Å². The third-order valence-corrected chi connectivity index (χ3v) is 4.66. The van der Waals surface area contributed by atoms with Crippen LogP contribution in [-0.4, -0.2) is 46.8 Å². The number of hydrogen-bond acceptors (Lipinski definition) is 5. The van der Waals surface area contributed by atoms with Crippen LogP contribution in [0.4, 0.5) is 0 Å². The molecule has 1 aromatic carbocycles. The zero-order valence-electron chi connectivity index (χ0n) is 13.2. The number of carbonyl (C=O) groups is 2. The van der Waals surface area contributed by atoms with Crippen LogP contribution in [0.1, 0.15) is 5.69 Å². The number of ether oxygens (including phenoxy) is 1. The molecule has 0 aliphatic heterocycles. The third kappa shape index (κ3) is 4.52. The van der Waals surface area contributed by atoms with Gasteiger partial charge in [0.15, 0.2) is 0 Å². The number of rotatable bonds is 7. The maximum Gasteiger partial charge on any atom is 0.327 e. The average Bonchev–Trinajstić information content (AvgIpc) is 2.57. The first-order valence-corrected chi connectivity index (χ1v) is 8.63. The molecule has 0 bridgehead atoms. The molecule has 2 rings (SSSR count). The molecular formula is C16H17ClN2O4S. The van der Waals surface area contributed by atoms with Crippen molar-refractivity contribution in [1.29, 1.82) is 0 Å². The summed E-state index contributed by atoms with van der Waals surface area (Å²) in [5.74, 6) is -1.02. The second kappa shape index (κ2) is 8.21. The molecule has 1 atom stereocenters. The van der Waals surface area contributed by atoms with Gasteiger partial charge in [0.1, 0.15) is 17.7 Å². The number of benzene rings is 1. The summed E-state index contributed by atoms with van der Waals surface area (Å²) in [6.45, 7) is 1.87. The summed E-state index contributed by atoms with van der Waals surface area (Å²) < 4.78 is 5.24. The lowest BCUT2D eigenvalue weighted by Crippen LogP contribution is -2.43. The Morgan fingerprint density at radius 2 is 2.17 bits per heavy atom. The fraction of sp³-hybridized carbons (Fsp3) is 0.312. The van der Waals surface area contributed by atoms with E-state index in [0.717, 1.165) is 21.5 Å². The van der Waals surface area contributed by atoms with Gasteiger partial charge in [-0.05, 0) is 31.2 Å². The van der Waals surface area contributed by atoms with E-state index < -0.39 is 17.9 Å². The molecule has 1 heterocycles. The predicted molar refractivity (Wildman–Crippen MR) is 94.0 cm³/mol. The Morgan fingerprint density at radius 3 is 2.79 bits per heavy atom. The van der Waals surface area contributed by atoms with E-state index in [4.69, 9.17) is 16.3 Å². The molecule has 0 aliphatic carbocycles. The van der Waals surface area contributed by atoms with Crippen molar-refractivity contribution in [2.75, 3.05) is 18.7 Å². The summed E-state index contributed by atoms with van der Waals surface area (Å²) >= 11 is 6.75. The van der Waals surface area contributed by atoms with Gasteiger partial charge in [0.25, 0.3) is 0 Å². The molecule has 0 saturated carbocycles. The smallest absolute Gasteiger partial charge is 0.327 e. The van der Waals surface area contributed by atoms with Crippen molar-refractivity contribution < 1.29 is 19.4 Å². The minimum Gasteiger partial charge on any atom is -0.497 e. The molecular weight excluding hydrogens is 352 g/mol. The van der Waals surface area contributed by atoms with E-state index in [2.05, 4.69) is 10.3 Å². The second-order valence-electron chi connectivity index (χ2n) is 5.05. The number of aromatic nitrogens is 1. The first-order valence-electron chi connectivity index (χ1n) is 7.11. The van der Waals surface area contributed by atoms with Crippen LogP contribution in [-0.2, 0) is 9.59 Å². The normalized spacial score (nSPS) is 12.0. The van der Waals surface area contributed by atoms with Crippen LogP contribution < -0.4 is 10.1 Å². The lowest BCUT2D eigenvalue weighted by molar-refractivity contribution is -0.140. The molecule has 1 amide bonds. The lowest BCUT2D eigenvalue weighted by atomic mass is 10.2. The van der Waals surface area contributed by atoms with Gasteiger partial charge >= 0.3 is 5.97 Å². The monoisotopic (exact) mass is 368 g/mol. The Bertz CT molecular complexity index is 769. The predicted octanol–water partition coefficient (Wildman–Crippen LogP) is 2.45. The molecule has 24 heavy (non-hydrogen) atoms. The van der Waals surface area contributed by atoms with Crippen molar-refractivity contribution in [2.24, 2.45) is 0 Å². The Hall–Kier alpha value is -1.99. The van der Waals surface area contributed by atoms with Crippen molar-refractivity contribution in [3.05, 3.63) is 30.0 Å². The molecule has 128 valence electrons.